The molecule has 2 fully saturated rings. The van der Waals surface area contributed by atoms with E-state index in [9.17, 15) is 5.11 Å². The predicted octanol–water partition coefficient (Wildman–Crippen LogP) is 3.93. The van der Waals surface area contributed by atoms with Crippen LogP contribution in [0.1, 0.15) is 46.0 Å². The lowest BCUT2D eigenvalue weighted by molar-refractivity contribution is 0.145. The molecule has 2 saturated carbocycles. The van der Waals surface area contributed by atoms with Gasteiger partial charge in [0.1, 0.15) is 5.76 Å². The second kappa shape index (κ2) is 4.60. The van der Waals surface area contributed by atoms with Crippen molar-refractivity contribution in [1.82, 2.24) is 0 Å². The summed E-state index contributed by atoms with van der Waals surface area (Å²) in [5.74, 6) is 2.97. The molecule has 2 N–H and O–H groups in total. The number of allylic oxidation sites excluding steroid dienone is 2. The molecule has 2 heteroatoms. The van der Waals surface area contributed by atoms with Crippen LogP contribution in [0.2, 0.25) is 0 Å². The van der Waals surface area contributed by atoms with Crippen molar-refractivity contribution in [2.24, 2.45) is 23.7 Å². The predicted molar refractivity (Wildman–Crippen MR) is 66.8 cm³/mol. The fourth-order valence-electron chi connectivity index (χ4n) is 2.85. The van der Waals surface area contributed by atoms with Gasteiger partial charge in [0.05, 0.1) is 0 Å². The zero-order chi connectivity index (χ0) is 11.7. The van der Waals surface area contributed by atoms with E-state index in [1.54, 1.807) is 0 Å². The molecule has 0 aromatic heterocycles. The number of aliphatic hydroxyl groups excluding tert-OH is 1. The molecule has 0 atom stereocenters. The van der Waals surface area contributed by atoms with Gasteiger partial charge in [0, 0.05) is 17.7 Å². The third-order valence-electron chi connectivity index (χ3n) is 3.90. The lowest BCUT2D eigenvalue weighted by Crippen LogP contribution is -2.27. The Morgan fingerprint density at radius 3 is 2.38 bits per heavy atom. The normalized spacial score (nSPS) is 30.9. The van der Waals surface area contributed by atoms with Crippen LogP contribution in [0.4, 0.5) is 0 Å². The van der Waals surface area contributed by atoms with E-state index >= 15 is 0 Å². The van der Waals surface area contributed by atoms with E-state index < -0.39 is 0 Å². The van der Waals surface area contributed by atoms with E-state index in [0.717, 1.165) is 43.1 Å². The summed E-state index contributed by atoms with van der Waals surface area (Å²) >= 11 is 0. The highest BCUT2D eigenvalue weighted by Crippen LogP contribution is 2.45. The van der Waals surface area contributed by atoms with Crippen LogP contribution < -0.4 is 0 Å². The Kier molecular flexibility index (Phi) is 3.36. The first-order valence-electron chi connectivity index (χ1n) is 6.55. The number of rotatable bonds is 5. The Morgan fingerprint density at radius 2 is 1.94 bits per heavy atom. The number of nitrogens with one attached hydrogen (secondary N) is 1. The monoisotopic (exact) mass is 221 g/mol. The molecule has 0 amide bonds. The van der Waals surface area contributed by atoms with E-state index in [1.807, 2.05) is 0 Å². The molecule has 2 aliphatic rings. The highest BCUT2D eigenvalue weighted by molar-refractivity contribution is 5.78. The van der Waals surface area contributed by atoms with Gasteiger partial charge in [-0.3, -0.25) is 0 Å². The van der Waals surface area contributed by atoms with Gasteiger partial charge in [-0.15, -0.1) is 0 Å². The molecule has 0 bridgehead atoms. The first kappa shape index (κ1) is 11.7. The minimum Gasteiger partial charge on any atom is -0.512 e. The summed E-state index contributed by atoms with van der Waals surface area (Å²) in [5.41, 5.74) is 0.924. The van der Waals surface area contributed by atoms with Crippen molar-refractivity contribution in [2.75, 3.05) is 0 Å². The highest BCUT2D eigenvalue weighted by Gasteiger charge is 2.36. The summed E-state index contributed by atoms with van der Waals surface area (Å²) in [6, 6.07) is 0. The highest BCUT2D eigenvalue weighted by atomic mass is 16.3. The second-order valence-electron chi connectivity index (χ2n) is 5.92. The zero-order valence-corrected chi connectivity index (χ0v) is 10.4. The fourth-order valence-corrected chi connectivity index (χ4v) is 2.85. The Morgan fingerprint density at radius 1 is 1.31 bits per heavy atom. The van der Waals surface area contributed by atoms with Crippen molar-refractivity contribution in [3.8, 4) is 0 Å². The molecular weight excluding hydrogens is 198 g/mol. The minimum absolute atomic E-state index is 0.362. The minimum atomic E-state index is 0.362. The van der Waals surface area contributed by atoms with Gasteiger partial charge in [-0.2, -0.15) is 0 Å². The van der Waals surface area contributed by atoms with Gasteiger partial charge >= 0.3 is 0 Å². The smallest absolute Gasteiger partial charge is 0.100 e. The van der Waals surface area contributed by atoms with E-state index in [4.69, 9.17) is 5.41 Å². The Labute approximate surface area is 98.3 Å². The average molecular weight is 221 g/mol. The van der Waals surface area contributed by atoms with Gasteiger partial charge in [-0.1, -0.05) is 13.8 Å². The van der Waals surface area contributed by atoms with Gasteiger partial charge in [-0.05, 0) is 49.9 Å². The number of hydrogen-bond acceptors (Lipinski definition) is 2. The Bertz CT molecular complexity index is 296. The Hall–Kier alpha value is -0.790. The van der Waals surface area contributed by atoms with Crippen LogP contribution in [0.15, 0.2) is 11.3 Å². The topological polar surface area (TPSA) is 44.1 Å². The molecule has 0 radical (unpaired) electrons. The largest absolute Gasteiger partial charge is 0.512 e. The summed E-state index contributed by atoms with van der Waals surface area (Å²) in [6.07, 6.45) is 7.26. The zero-order valence-electron chi connectivity index (χ0n) is 10.4. The van der Waals surface area contributed by atoms with Gasteiger partial charge < -0.3 is 10.5 Å². The summed E-state index contributed by atoms with van der Waals surface area (Å²) in [6.45, 7) is 4.52. The SMILES string of the molecule is CC(C)CC1CC(/C(O)=C(/C=N)C2CC2)C1. The van der Waals surface area contributed by atoms with Crippen LogP contribution in [0.25, 0.3) is 0 Å². The molecule has 0 spiro atoms. The van der Waals surface area contributed by atoms with Gasteiger partial charge in [0.2, 0.25) is 0 Å². The van der Waals surface area contributed by atoms with Crippen LogP contribution in [0.5, 0.6) is 0 Å². The lowest BCUT2D eigenvalue weighted by Gasteiger charge is -2.36. The molecule has 90 valence electrons. The molecule has 2 rings (SSSR count). The Balaban J connectivity index is 1.88. The average Bonchev–Trinajstić information content (AvgIpc) is 2.95. The van der Waals surface area contributed by atoms with E-state index in [0.29, 0.717) is 17.6 Å². The van der Waals surface area contributed by atoms with Crippen LogP contribution in [0.3, 0.4) is 0 Å². The standard InChI is InChI=1S/C14H23NO/c1-9(2)5-10-6-12(7-10)14(16)13(8-15)11-3-4-11/h8-12,15-16H,3-7H2,1-2H3/b14-13+,15-8?. The molecule has 2 nitrogen and oxygen atoms in total. The molecule has 0 unspecified atom stereocenters. The molecule has 0 aromatic carbocycles. The van der Waals surface area contributed by atoms with E-state index in [-0.39, 0.29) is 0 Å². The van der Waals surface area contributed by atoms with Crippen LogP contribution >= 0.6 is 0 Å². The maximum absolute atomic E-state index is 10.1. The summed E-state index contributed by atoms with van der Waals surface area (Å²) in [4.78, 5) is 0. The maximum Gasteiger partial charge on any atom is 0.100 e. The fraction of sp³-hybridized carbons (Fsp3) is 0.786. The maximum atomic E-state index is 10.1. The van der Waals surface area contributed by atoms with Gasteiger partial charge in [0.25, 0.3) is 0 Å². The molecule has 2 aliphatic carbocycles. The number of aliphatic hydroxyl groups is 1. The van der Waals surface area contributed by atoms with Crippen LogP contribution in [-0.2, 0) is 0 Å². The molecule has 0 aromatic rings. The van der Waals surface area contributed by atoms with E-state index in [1.165, 1.54) is 12.6 Å². The van der Waals surface area contributed by atoms with Crippen LogP contribution in [-0.4, -0.2) is 11.3 Å². The van der Waals surface area contributed by atoms with E-state index in [2.05, 4.69) is 13.8 Å². The molecule has 0 heterocycles. The van der Waals surface area contributed by atoms with Crippen LogP contribution in [0, 0.1) is 29.1 Å². The summed E-state index contributed by atoms with van der Waals surface area (Å²) < 4.78 is 0. The quantitative estimate of drug-likeness (QED) is 0.536. The van der Waals surface area contributed by atoms with Crippen molar-refractivity contribution < 1.29 is 5.11 Å². The number of hydrogen-bond donors (Lipinski definition) is 2. The summed E-state index contributed by atoms with van der Waals surface area (Å²) in [5, 5.41) is 17.5. The third kappa shape index (κ3) is 2.47. The van der Waals surface area contributed by atoms with Crippen molar-refractivity contribution in [1.29, 1.82) is 5.41 Å². The second-order valence-corrected chi connectivity index (χ2v) is 5.92. The third-order valence-corrected chi connectivity index (χ3v) is 3.90. The first-order chi connectivity index (χ1) is 7.61. The summed E-state index contributed by atoms with van der Waals surface area (Å²) in [7, 11) is 0. The first-order valence-corrected chi connectivity index (χ1v) is 6.55. The molecule has 0 aliphatic heterocycles. The van der Waals surface area contributed by atoms with Crippen molar-refractivity contribution in [3.63, 3.8) is 0 Å². The van der Waals surface area contributed by atoms with Crippen molar-refractivity contribution in [3.05, 3.63) is 11.3 Å². The molecule has 16 heavy (non-hydrogen) atoms. The lowest BCUT2D eigenvalue weighted by atomic mass is 9.70. The van der Waals surface area contributed by atoms with Crippen molar-refractivity contribution >= 4 is 6.21 Å². The van der Waals surface area contributed by atoms with Gasteiger partial charge in [0.15, 0.2) is 0 Å². The van der Waals surface area contributed by atoms with Gasteiger partial charge in [-0.25, -0.2) is 0 Å². The molecule has 0 saturated heterocycles. The molecular formula is C14H23NO. The van der Waals surface area contributed by atoms with Crippen molar-refractivity contribution in [2.45, 2.75) is 46.0 Å².